The van der Waals surface area contributed by atoms with Crippen molar-refractivity contribution in [3.05, 3.63) is 0 Å². The standard InChI is InChI=1S/C8H17Cl3OSi/c1-13(11,8-4-6-10)12-7-3-2-5-9/h2-8H2,1H3. The molecule has 0 spiro atoms. The molecule has 0 saturated heterocycles. The third-order valence-electron chi connectivity index (χ3n) is 1.69. The molecule has 13 heavy (non-hydrogen) atoms. The summed E-state index contributed by atoms with van der Waals surface area (Å²) in [6.07, 6.45) is 2.95. The Kier molecular flexibility index (Phi) is 9.04. The summed E-state index contributed by atoms with van der Waals surface area (Å²) in [7, 11) is -1.93. The van der Waals surface area contributed by atoms with Crippen LogP contribution in [0.15, 0.2) is 0 Å². The Balaban J connectivity index is 3.39. The molecule has 80 valence electrons. The molecule has 0 radical (unpaired) electrons. The highest BCUT2D eigenvalue weighted by molar-refractivity contribution is 7.16. The Morgan fingerprint density at radius 2 is 1.69 bits per heavy atom. The Labute approximate surface area is 96.5 Å². The average Bonchev–Trinajstić information content (AvgIpc) is 2.09. The molecule has 0 aliphatic rings. The van der Waals surface area contributed by atoms with Crippen molar-refractivity contribution < 1.29 is 4.43 Å². The molecule has 1 nitrogen and oxygen atoms in total. The van der Waals surface area contributed by atoms with Crippen molar-refractivity contribution in [1.29, 1.82) is 0 Å². The second-order valence-electron chi connectivity index (χ2n) is 3.14. The third kappa shape index (κ3) is 9.35. The van der Waals surface area contributed by atoms with E-state index in [-0.39, 0.29) is 0 Å². The van der Waals surface area contributed by atoms with E-state index in [0.717, 1.165) is 31.9 Å². The van der Waals surface area contributed by atoms with Gasteiger partial charge < -0.3 is 4.43 Å². The van der Waals surface area contributed by atoms with Gasteiger partial charge >= 0.3 is 0 Å². The number of hydrogen-bond acceptors (Lipinski definition) is 1. The van der Waals surface area contributed by atoms with Crippen LogP contribution in [0.1, 0.15) is 19.3 Å². The average molecular weight is 264 g/mol. The molecular weight excluding hydrogens is 247 g/mol. The van der Waals surface area contributed by atoms with Gasteiger partial charge in [0.05, 0.1) is 0 Å². The smallest absolute Gasteiger partial charge is 0.287 e. The summed E-state index contributed by atoms with van der Waals surface area (Å²) in [4.78, 5) is 0. The third-order valence-corrected chi connectivity index (χ3v) is 5.17. The van der Waals surface area contributed by atoms with E-state index in [1.54, 1.807) is 0 Å². The van der Waals surface area contributed by atoms with Gasteiger partial charge in [-0.25, -0.2) is 0 Å². The van der Waals surface area contributed by atoms with Crippen LogP contribution in [0.5, 0.6) is 0 Å². The van der Waals surface area contributed by atoms with Crippen molar-refractivity contribution in [3.8, 4) is 0 Å². The van der Waals surface area contributed by atoms with E-state index in [9.17, 15) is 0 Å². The van der Waals surface area contributed by atoms with Crippen LogP contribution < -0.4 is 0 Å². The van der Waals surface area contributed by atoms with Gasteiger partial charge in [-0.2, -0.15) is 0 Å². The summed E-state index contributed by atoms with van der Waals surface area (Å²) >= 11 is 17.3. The zero-order chi connectivity index (χ0) is 10.2. The Bertz CT molecular complexity index is 122. The fourth-order valence-electron chi connectivity index (χ4n) is 0.936. The first-order valence-electron chi connectivity index (χ1n) is 4.57. The van der Waals surface area contributed by atoms with E-state index in [1.165, 1.54) is 0 Å². The van der Waals surface area contributed by atoms with E-state index < -0.39 is 7.63 Å². The van der Waals surface area contributed by atoms with Gasteiger partial charge in [-0.1, -0.05) is 0 Å². The molecule has 0 aliphatic carbocycles. The minimum atomic E-state index is -1.93. The molecule has 0 fully saturated rings. The number of unbranched alkanes of at least 4 members (excludes halogenated alkanes) is 1. The number of rotatable bonds is 8. The topological polar surface area (TPSA) is 9.23 Å². The maximum absolute atomic E-state index is 6.22. The summed E-state index contributed by atoms with van der Waals surface area (Å²) in [5.41, 5.74) is 0. The Morgan fingerprint density at radius 3 is 2.23 bits per heavy atom. The maximum atomic E-state index is 6.22. The molecule has 0 N–H and O–H groups in total. The van der Waals surface area contributed by atoms with Crippen molar-refractivity contribution in [2.75, 3.05) is 18.4 Å². The van der Waals surface area contributed by atoms with Crippen LogP contribution >= 0.6 is 34.3 Å². The van der Waals surface area contributed by atoms with Crippen LogP contribution in [0.4, 0.5) is 0 Å². The summed E-state index contributed by atoms with van der Waals surface area (Å²) < 4.78 is 5.62. The van der Waals surface area contributed by atoms with Crippen LogP contribution in [0.2, 0.25) is 12.6 Å². The SMILES string of the molecule is C[Si](Cl)(CCCCl)OCCCCCl. The summed E-state index contributed by atoms with van der Waals surface area (Å²) in [5.74, 6) is 1.37. The van der Waals surface area contributed by atoms with E-state index in [2.05, 4.69) is 0 Å². The number of hydrogen-bond donors (Lipinski definition) is 0. The Morgan fingerprint density at radius 1 is 1.08 bits per heavy atom. The molecule has 0 heterocycles. The minimum absolute atomic E-state index is 0.667. The minimum Gasteiger partial charge on any atom is -0.403 e. The largest absolute Gasteiger partial charge is 0.403 e. The normalized spacial score (nSPS) is 15.7. The lowest BCUT2D eigenvalue weighted by molar-refractivity contribution is 0.307. The molecule has 0 bridgehead atoms. The lowest BCUT2D eigenvalue weighted by Gasteiger charge is -2.19. The van der Waals surface area contributed by atoms with Gasteiger partial charge in [0.15, 0.2) is 0 Å². The second kappa shape index (κ2) is 8.36. The molecule has 0 aliphatic heterocycles. The van der Waals surface area contributed by atoms with Crippen LogP contribution in [-0.4, -0.2) is 26.0 Å². The van der Waals surface area contributed by atoms with Crippen molar-refractivity contribution in [2.45, 2.75) is 31.9 Å². The highest BCUT2D eigenvalue weighted by atomic mass is 35.6. The highest BCUT2D eigenvalue weighted by Gasteiger charge is 2.24. The first kappa shape index (κ1) is 14.0. The first-order chi connectivity index (χ1) is 6.12. The summed E-state index contributed by atoms with van der Waals surface area (Å²) in [6.45, 7) is 2.75. The first-order valence-corrected chi connectivity index (χ1v) is 9.27. The molecule has 1 unspecified atom stereocenters. The Hall–Kier alpha value is 1.05. The molecule has 0 aromatic rings. The molecular formula is C8H17Cl3OSi. The van der Waals surface area contributed by atoms with E-state index in [4.69, 9.17) is 38.7 Å². The van der Waals surface area contributed by atoms with Crippen LogP contribution in [0.3, 0.4) is 0 Å². The van der Waals surface area contributed by atoms with Gasteiger partial charge in [-0.3, -0.25) is 0 Å². The second-order valence-corrected chi connectivity index (χ2v) is 9.29. The van der Waals surface area contributed by atoms with Crippen molar-refractivity contribution in [1.82, 2.24) is 0 Å². The zero-order valence-electron chi connectivity index (χ0n) is 7.99. The fourth-order valence-corrected chi connectivity index (χ4v) is 3.64. The monoisotopic (exact) mass is 262 g/mol. The zero-order valence-corrected chi connectivity index (χ0v) is 11.3. The molecule has 1 atom stereocenters. The van der Waals surface area contributed by atoms with Crippen molar-refractivity contribution in [3.63, 3.8) is 0 Å². The van der Waals surface area contributed by atoms with Gasteiger partial charge in [-0.15, -0.1) is 34.3 Å². The molecule has 0 amide bonds. The molecule has 0 saturated carbocycles. The summed E-state index contributed by atoms with van der Waals surface area (Å²) in [6, 6.07) is 0.929. The fraction of sp³-hybridized carbons (Fsp3) is 1.00. The van der Waals surface area contributed by atoms with Gasteiger partial charge in [0.2, 0.25) is 0 Å². The lowest BCUT2D eigenvalue weighted by Crippen LogP contribution is -2.27. The maximum Gasteiger partial charge on any atom is 0.287 e. The highest BCUT2D eigenvalue weighted by Crippen LogP contribution is 2.19. The van der Waals surface area contributed by atoms with Gasteiger partial charge in [-0.05, 0) is 31.9 Å². The van der Waals surface area contributed by atoms with Crippen LogP contribution in [-0.2, 0) is 4.43 Å². The van der Waals surface area contributed by atoms with E-state index in [1.807, 2.05) is 6.55 Å². The lowest BCUT2D eigenvalue weighted by atomic mass is 10.4. The summed E-state index contributed by atoms with van der Waals surface area (Å²) in [5, 5.41) is 0. The van der Waals surface area contributed by atoms with E-state index >= 15 is 0 Å². The number of halogens is 3. The van der Waals surface area contributed by atoms with Crippen molar-refractivity contribution in [2.24, 2.45) is 0 Å². The molecule has 0 aromatic carbocycles. The molecule has 5 heteroatoms. The quantitative estimate of drug-likeness (QED) is 0.279. The van der Waals surface area contributed by atoms with Gasteiger partial charge in [0.25, 0.3) is 7.63 Å². The van der Waals surface area contributed by atoms with E-state index in [0.29, 0.717) is 11.8 Å². The predicted octanol–water partition coefficient (Wildman–Crippen LogP) is 3.96. The number of alkyl halides is 2. The van der Waals surface area contributed by atoms with Crippen LogP contribution in [0.25, 0.3) is 0 Å². The molecule has 0 aromatic heterocycles. The predicted molar refractivity (Wildman–Crippen MR) is 63.5 cm³/mol. The van der Waals surface area contributed by atoms with Gasteiger partial charge in [0, 0.05) is 18.4 Å². The molecule has 0 rings (SSSR count). The van der Waals surface area contributed by atoms with Crippen LogP contribution in [0, 0.1) is 0 Å². The van der Waals surface area contributed by atoms with Crippen molar-refractivity contribution >= 4 is 41.9 Å². The van der Waals surface area contributed by atoms with Gasteiger partial charge in [0.1, 0.15) is 0 Å².